The quantitative estimate of drug-likeness (QED) is 0.528. The molecule has 1 unspecified atom stereocenters. The summed E-state index contributed by atoms with van der Waals surface area (Å²) in [7, 11) is 0. The number of hydrazine groups is 1. The predicted molar refractivity (Wildman–Crippen MR) is 68.0 cm³/mol. The van der Waals surface area contributed by atoms with E-state index in [9.17, 15) is 4.79 Å². The highest BCUT2D eigenvalue weighted by molar-refractivity contribution is 5.99. The Morgan fingerprint density at radius 2 is 2.50 bits per heavy atom. The van der Waals surface area contributed by atoms with Crippen molar-refractivity contribution in [3.63, 3.8) is 0 Å². The van der Waals surface area contributed by atoms with Gasteiger partial charge in [-0.3, -0.25) is 15.6 Å². The molecule has 1 aromatic rings. The third kappa shape index (κ3) is 3.18. The highest BCUT2D eigenvalue weighted by Crippen LogP contribution is 2.15. The highest BCUT2D eigenvalue weighted by Gasteiger charge is 2.16. The molecule has 0 aromatic carbocycles. The summed E-state index contributed by atoms with van der Waals surface area (Å²) in [5, 5.41) is 2.86. The lowest BCUT2D eigenvalue weighted by Crippen LogP contribution is -2.28. The number of anilines is 1. The van der Waals surface area contributed by atoms with Crippen LogP contribution >= 0.6 is 0 Å². The summed E-state index contributed by atoms with van der Waals surface area (Å²) in [5.41, 5.74) is 3.48. The molecule has 18 heavy (non-hydrogen) atoms. The molecule has 1 atom stereocenters. The first-order valence-electron chi connectivity index (χ1n) is 6.11. The second-order valence-electron chi connectivity index (χ2n) is 4.25. The maximum absolute atomic E-state index is 11.9. The Balaban J connectivity index is 1.83. The minimum Gasteiger partial charge on any atom is -0.378 e. The number of carbonyl (C=O) groups is 1. The van der Waals surface area contributed by atoms with Crippen LogP contribution in [0.2, 0.25) is 0 Å². The van der Waals surface area contributed by atoms with Crippen LogP contribution in [0.4, 0.5) is 5.69 Å². The Hall–Kier alpha value is -1.66. The number of aromatic nitrogens is 1. The molecule has 1 fully saturated rings. The first kappa shape index (κ1) is 12.8. The van der Waals surface area contributed by atoms with Crippen molar-refractivity contribution in [2.45, 2.75) is 25.4 Å². The third-order valence-corrected chi connectivity index (χ3v) is 3.00. The van der Waals surface area contributed by atoms with Gasteiger partial charge < -0.3 is 15.5 Å². The maximum atomic E-state index is 11.9. The molecule has 2 heterocycles. The molecule has 1 amide bonds. The number of pyridine rings is 1. The van der Waals surface area contributed by atoms with Crippen molar-refractivity contribution >= 4 is 11.6 Å². The first-order chi connectivity index (χ1) is 8.81. The summed E-state index contributed by atoms with van der Waals surface area (Å²) >= 11 is 0. The molecule has 98 valence electrons. The van der Waals surface area contributed by atoms with E-state index in [0.717, 1.165) is 25.9 Å². The van der Waals surface area contributed by atoms with Gasteiger partial charge in [0.1, 0.15) is 0 Å². The molecule has 6 heteroatoms. The number of nitrogens with zero attached hydrogens (tertiary/aromatic N) is 1. The molecule has 4 N–H and O–H groups in total. The van der Waals surface area contributed by atoms with Crippen molar-refractivity contribution in [1.82, 2.24) is 10.3 Å². The molecule has 1 aromatic heterocycles. The average Bonchev–Trinajstić information content (AvgIpc) is 2.91. The zero-order valence-electron chi connectivity index (χ0n) is 10.2. The number of rotatable bonds is 5. The minimum atomic E-state index is -0.150. The molecule has 1 aliphatic rings. The molecule has 1 saturated heterocycles. The van der Waals surface area contributed by atoms with E-state index in [1.807, 2.05) is 0 Å². The van der Waals surface area contributed by atoms with E-state index < -0.39 is 0 Å². The Labute approximate surface area is 106 Å². The summed E-state index contributed by atoms with van der Waals surface area (Å²) in [4.78, 5) is 15.8. The lowest BCUT2D eigenvalue weighted by Gasteiger charge is -2.11. The maximum Gasteiger partial charge on any atom is 0.253 e. The topological polar surface area (TPSA) is 89.3 Å². The minimum absolute atomic E-state index is 0.150. The summed E-state index contributed by atoms with van der Waals surface area (Å²) in [5.74, 6) is 5.18. The number of nitrogens with two attached hydrogens (primary N) is 1. The SMILES string of the molecule is NNc1cnccc1C(=O)NCCC1CCCO1. The smallest absolute Gasteiger partial charge is 0.253 e. The highest BCUT2D eigenvalue weighted by atomic mass is 16.5. The Kier molecular flexibility index (Phi) is 4.49. The van der Waals surface area contributed by atoms with Crippen molar-refractivity contribution < 1.29 is 9.53 Å². The van der Waals surface area contributed by atoms with E-state index >= 15 is 0 Å². The monoisotopic (exact) mass is 250 g/mol. The standard InChI is InChI=1S/C12H18N4O2/c13-16-11-8-14-5-4-10(11)12(17)15-6-3-9-2-1-7-18-9/h4-5,8-9,16H,1-3,6-7,13H2,(H,15,17). The number of nitrogen functional groups attached to an aromatic ring is 1. The van der Waals surface area contributed by atoms with Crippen LogP contribution in [-0.2, 0) is 4.74 Å². The van der Waals surface area contributed by atoms with Crippen LogP contribution in [0.1, 0.15) is 29.6 Å². The molecule has 0 radical (unpaired) electrons. The fourth-order valence-corrected chi connectivity index (χ4v) is 2.02. The van der Waals surface area contributed by atoms with E-state index in [0.29, 0.717) is 17.8 Å². The zero-order valence-corrected chi connectivity index (χ0v) is 10.2. The van der Waals surface area contributed by atoms with Gasteiger partial charge in [0, 0.05) is 19.3 Å². The number of amides is 1. The lowest BCUT2D eigenvalue weighted by atomic mass is 10.1. The average molecular weight is 250 g/mol. The summed E-state index contributed by atoms with van der Waals surface area (Å²) in [6.45, 7) is 1.44. The van der Waals surface area contributed by atoms with E-state index in [4.69, 9.17) is 10.6 Å². The third-order valence-electron chi connectivity index (χ3n) is 3.00. The molecule has 6 nitrogen and oxygen atoms in total. The second-order valence-corrected chi connectivity index (χ2v) is 4.25. The summed E-state index contributed by atoms with van der Waals surface area (Å²) in [6, 6.07) is 1.64. The van der Waals surface area contributed by atoms with Gasteiger partial charge in [0.05, 0.1) is 23.6 Å². The van der Waals surface area contributed by atoms with E-state index in [2.05, 4.69) is 15.7 Å². The molecule has 0 aliphatic carbocycles. The second kappa shape index (κ2) is 6.32. The van der Waals surface area contributed by atoms with E-state index in [-0.39, 0.29) is 12.0 Å². The van der Waals surface area contributed by atoms with Crippen molar-refractivity contribution in [3.8, 4) is 0 Å². The predicted octanol–water partition coefficient (Wildman–Crippen LogP) is 0.666. The van der Waals surface area contributed by atoms with Gasteiger partial charge in [0.2, 0.25) is 0 Å². The molecule has 0 bridgehead atoms. The number of hydrogen-bond acceptors (Lipinski definition) is 5. The van der Waals surface area contributed by atoms with Gasteiger partial charge in [-0.25, -0.2) is 0 Å². The molecular weight excluding hydrogens is 232 g/mol. The number of hydrogen-bond donors (Lipinski definition) is 3. The van der Waals surface area contributed by atoms with Gasteiger partial charge >= 0.3 is 0 Å². The van der Waals surface area contributed by atoms with Crippen molar-refractivity contribution in [3.05, 3.63) is 24.0 Å². The number of carbonyl (C=O) groups excluding carboxylic acids is 1. The fraction of sp³-hybridized carbons (Fsp3) is 0.500. The molecular formula is C12H18N4O2. The van der Waals surface area contributed by atoms with Crippen LogP contribution in [0.15, 0.2) is 18.5 Å². The van der Waals surface area contributed by atoms with Gasteiger partial charge in [-0.1, -0.05) is 0 Å². The Bertz CT molecular complexity index is 405. The molecule has 1 aliphatic heterocycles. The first-order valence-corrected chi connectivity index (χ1v) is 6.11. The van der Waals surface area contributed by atoms with Crippen LogP contribution in [-0.4, -0.2) is 30.1 Å². The van der Waals surface area contributed by atoms with Gasteiger partial charge in [-0.15, -0.1) is 0 Å². The van der Waals surface area contributed by atoms with E-state index in [1.54, 1.807) is 12.3 Å². The zero-order chi connectivity index (χ0) is 12.8. The van der Waals surface area contributed by atoms with Gasteiger partial charge in [-0.05, 0) is 25.3 Å². The normalized spacial score (nSPS) is 18.6. The molecule has 0 spiro atoms. The van der Waals surface area contributed by atoms with Crippen molar-refractivity contribution in [2.24, 2.45) is 5.84 Å². The lowest BCUT2D eigenvalue weighted by molar-refractivity contribution is 0.0907. The largest absolute Gasteiger partial charge is 0.378 e. The van der Waals surface area contributed by atoms with Crippen LogP contribution in [0.5, 0.6) is 0 Å². The van der Waals surface area contributed by atoms with Crippen molar-refractivity contribution in [2.75, 3.05) is 18.6 Å². The van der Waals surface area contributed by atoms with Crippen LogP contribution < -0.4 is 16.6 Å². The fourth-order valence-electron chi connectivity index (χ4n) is 2.02. The van der Waals surface area contributed by atoms with Gasteiger partial charge in [0.25, 0.3) is 5.91 Å². The Morgan fingerprint density at radius 3 is 3.22 bits per heavy atom. The van der Waals surface area contributed by atoms with Crippen LogP contribution in [0.25, 0.3) is 0 Å². The number of nitrogens with one attached hydrogen (secondary N) is 2. The molecule has 2 rings (SSSR count). The van der Waals surface area contributed by atoms with Crippen LogP contribution in [0, 0.1) is 0 Å². The number of ether oxygens (including phenoxy) is 1. The Morgan fingerprint density at radius 1 is 1.61 bits per heavy atom. The van der Waals surface area contributed by atoms with Gasteiger partial charge in [0.15, 0.2) is 0 Å². The van der Waals surface area contributed by atoms with Crippen LogP contribution in [0.3, 0.4) is 0 Å². The van der Waals surface area contributed by atoms with Gasteiger partial charge in [-0.2, -0.15) is 0 Å². The van der Waals surface area contributed by atoms with Crippen molar-refractivity contribution in [1.29, 1.82) is 0 Å². The van der Waals surface area contributed by atoms with E-state index in [1.165, 1.54) is 6.20 Å². The summed E-state index contributed by atoms with van der Waals surface area (Å²) < 4.78 is 5.49. The summed E-state index contributed by atoms with van der Waals surface area (Å²) in [6.07, 6.45) is 6.42. The molecule has 0 saturated carbocycles.